The largest absolute Gasteiger partial charge is 0.383 e. The predicted octanol–water partition coefficient (Wildman–Crippen LogP) is 2.89. The third-order valence-electron chi connectivity index (χ3n) is 3.18. The van der Waals surface area contributed by atoms with Crippen molar-refractivity contribution >= 4 is 16.7 Å². The van der Waals surface area contributed by atoms with E-state index in [0.717, 1.165) is 27.7 Å². The van der Waals surface area contributed by atoms with Crippen molar-refractivity contribution in [3.05, 3.63) is 47.9 Å². The molecule has 19 heavy (non-hydrogen) atoms. The van der Waals surface area contributed by atoms with Gasteiger partial charge in [-0.3, -0.25) is 4.98 Å². The monoisotopic (exact) mass is 250 g/mol. The number of rotatable bonds is 1. The first kappa shape index (κ1) is 11.6. The van der Waals surface area contributed by atoms with Crippen LogP contribution in [-0.2, 0) is 0 Å². The van der Waals surface area contributed by atoms with Crippen LogP contribution < -0.4 is 5.73 Å². The van der Waals surface area contributed by atoms with Gasteiger partial charge >= 0.3 is 0 Å². The molecule has 3 rings (SSSR count). The smallest absolute Gasteiger partial charge is 0.130 e. The van der Waals surface area contributed by atoms with Crippen molar-refractivity contribution in [2.24, 2.45) is 0 Å². The third-order valence-corrected chi connectivity index (χ3v) is 3.18. The first-order valence-electron chi connectivity index (χ1n) is 6.11. The SMILES string of the molecule is Cc1nc(N)c(C)c(-c2cccc3cccnc23)n1. The van der Waals surface area contributed by atoms with Crippen molar-refractivity contribution in [1.82, 2.24) is 15.0 Å². The zero-order valence-corrected chi connectivity index (χ0v) is 10.9. The number of pyridine rings is 1. The summed E-state index contributed by atoms with van der Waals surface area (Å²) in [7, 11) is 0. The standard InChI is InChI=1S/C15H14N4/c1-9-13(18-10(2)19-15(9)16)12-7-3-5-11-6-4-8-17-14(11)12/h3-8H,1-2H3,(H2,16,18,19). The van der Waals surface area contributed by atoms with E-state index in [1.807, 2.05) is 44.2 Å². The fourth-order valence-electron chi connectivity index (χ4n) is 2.21. The number of aromatic nitrogens is 3. The Morgan fingerprint density at radius 2 is 1.79 bits per heavy atom. The first-order chi connectivity index (χ1) is 9.16. The molecule has 0 saturated carbocycles. The summed E-state index contributed by atoms with van der Waals surface area (Å²) in [6.45, 7) is 3.78. The van der Waals surface area contributed by atoms with E-state index in [2.05, 4.69) is 15.0 Å². The third kappa shape index (κ3) is 1.91. The number of para-hydroxylation sites is 1. The highest BCUT2D eigenvalue weighted by molar-refractivity contribution is 5.93. The van der Waals surface area contributed by atoms with Gasteiger partial charge in [0.15, 0.2) is 0 Å². The minimum absolute atomic E-state index is 0.524. The second kappa shape index (κ2) is 4.31. The Hall–Kier alpha value is -2.49. The summed E-state index contributed by atoms with van der Waals surface area (Å²) in [5.41, 5.74) is 9.61. The van der Waals surface area contributed by atoms with Crippen molar-refractivity contribution in [1.29, 1.82) is 0 Å². The van der Waals surface area contributed by atoms with Crippen LogP contribution in [0.1, 0.15) is 11.4 Å². The van der Waals surface area contributed by atoms with Gasteiger partial charge in [0.2, 0.25) is 0 Å². The van der Waals surface area contributed by atoms with Crippen molar-refractivity contribution in [3.8, 4) is 11.3 Å². The number of fused-ring (bicyclic) bond motifs is 1. The Bertz CT molecular complexity index is 760. The summed E-state index contributed by atoms with van der Waals surface area (Å²) in [4.78, 5) is 13.2. The summed E-state index contributed by atoms with van der Waals surface area (Å²) in [6, 6.07) is 10.0. The lowest BCUT2D eigenvalue weighted by molar-refractivity contribution is 1.05. The Kier molecular flexibility index (Phi) is 2.63. The molecule has 0 saturated heterocycles. The molecule has 2 aromatic heterocycles. The van der Waals surface area contributed by atoms with Gasteiger partial charge in [-0.15, -0.1) is 0 Å². The lowest BCUT2D eigenvalue weighted by Crippen LogP contribution is -2.02. The molecule has 0 bridgehead atoms. The molecule has 3 aromatic rings. The van der Waals surface area contributed by atoms with Gasteiger partial charge in [-0.1, -0.05) is 24.3 Å². The molecule has 4 heteroatoms. The minimum Gasteiger partial charge on any atom is -0.383 e. The van der Waals surface area contributed by atoms with Crippen LogP contribution >= 0.6 is 0 Å². The van der Waals surface area contributed by atoms with Gasteiger partial charge in [-0.05, 0) is 19.9 Å². The fraction of sp³-hybridized carbons (Fsp3) is 0.133. The summed E-state index contributed by atoms with van der Waals surface area (Å²) >= 11 is 0. The topological polar surface area (TPSA) is 64.7 Å². The van der Waals surface area contributed by atoms with Crippen LogP contribution in [0.3, 0.4) is 0 Å². The number of aryl methyl sites for hydroxylation is 1. The zero-order chi connectivity index (χ0) is 13.4. The number of hydrogen-bond donors (Lipinski definition) is 1. The molecular weight excluding hydrogens is 236 g/mol. The molecule has 2 N–H and O–H groups in total. The number of nitrogens with two attached hydrogens (primary N) is 1. The van der Waals surface area contributed by atoms with Gasteiger partial charge in [0.05, 0.1) is 11.2 Å². The predicted molar refractivity (Wildman–Crippen MR) is 76.7 cm³/mol. The minimum atomic E-state index is 0.524. The molecule has 1 aromatic carbocycles. The van der Waals surface area contributed by atoms with Gasteiger partial charge in [-0.2, -0.15) is 0 Å². The van der Waals surface area contributed by atoms with Gasteiger partial charge in [0.1, 0.15) is 11.6 Å². The Labute approximate surface area is 111 Å². The van der Waals surface area contributed by atoms with E-state index in [-0.39, 0.29) is 0 Å². The molecule has 0 amide bonds. The average Bonchev–Trinajstić information content (AvgIpc) is 2.42. The van der Waals surface area contributed by atoms with Crippen LogP contribution in [0.4, 0.5) is 5.82 Å². The Balaban J connectivity index is 2.37. The lowest BCUT2D eigenvalue weighted by atomic mass is 10.0. The van der Waals surface area contributed by atoms with Gasteiger partial charge in [0, 0.05) is 22.7 Å². The summed E-state index contributed by atoms with van der Waals surface area (Å²) in [6.07, 6.45) is 1.79. The highest BCUT2D eigenvalue weighted by Crippen LogP contribution is 2.29. The van der Waals surface area contributed by atoms with Crippen LogP contribution in [0, 0.1) is 13.8 Å². The quantitative estimate of drug-likeness (QED) is 0.721. The van der Waals surface area contributed by atoms with Crippen LogP contribution in [0.5, 0.6) is 0 Å². The molecule has 0 fully saturated rings. The highest BCUT2D eigenvalue weighted by Gasteiger charge is 2.12. The molecule has 0 unspecified atom stereocenters. The van der Waals surface area contributed by atoms with Crippen LogP contribution in [0.15, 0.2) is 36.5 Å². The van der Waals surface area contributed by atoms with Crippen molar-refractivity contribution in [2.45, 2.75) is 13.8 Å². The molecule has 0 aliphatic rings. The van der Waals surface area contributed by atoms with E-state index in [1.54, 1.807) is 6.20 Å². The normalized spacial score (nSPS) is 10.8. The van der Waals surface area contributed by atoms with E-state index in [9.17, 15) is 0 Å². The van der Waals surface area contributed by atoms with Gasteiger partial charge in [0.25, 0.3) is 0 Å². The van der Waals surface area contributed by atoms with E-state index >= 15 is 0 Å². The number of hydrogen-bond acceptors (Lipinski definition) is 4. The first-order valence-corrected chi connectivity index (χ1v) is 6.11. The second-order valence-corrected chi connectivity index (χ2v) is 4.51. The molecule has 0 aliphatic carbocycles. The van der Waals surface area contributed by atoms with Crippen LogP contribution in [-0.4, -0.2) is 15.0 Å². The number of anilines is 1. The Morgan fingerprint density at radius 3 is 2.63 bits per heavy atom. The average molecular weight is 250 g/mol. The van der Waals surface area contributed by atoms with Crippen molar-refractivity contribution in [3.63, 3.8) is 0 Å². The lowest BCUT2D eigenvalue weighted by Gasteiger charge is -2.10. The molecule has 94 valence electrons. The van der Waals surface area contributed by atoms with Crippen LogP contribution in [0.25, 0.3) is 22.2 Å². The maximum atomic E-state index is 5.93. The van der Waals surface area contributed by atoms with E-state index in [0.29, 0.717) is 11.6 Å². The number of nitrogens with zero attached hydrogens (tertiary/aromatic N) is 3. The Morgan fingerprint density at radius 1 is 1.00 bits per heavy atom. The highest BCUT2D eigenvalue weighted by atomic mass is 14.9. The molecule has 2 heterocycles. The van der Waals surface area contributed by atoms with Crippen LogP contribution in [0.2, 0.25) is 0 Å². The van der Waals surface area contributed by atoms with E-state index in [4.69, 9.17) is 5.73 Å². The van der Waals surface area contributed by atoms with Gasteiger partial charge < -0.3 is 5.73 Å². The molecule has 0 atom stereocenters. The molecule has 0 spiro atoms. The van der Waals surface area contributed by atoms with E-state index in [1.165, 1.54) is 0 Å². The van der Waals surface area contributed by atoms with Crippen molar-refractivity contribution in [2.75, 3.05) is 5.73 Å². The van der Waals surface area contributed by atoms with Gasteiger partial charge in [-0.25, -0.2) is 9.97 Å². The maximum Gasteiger partial charge on any atom is 0.130 e. The summed E-state index contributed by atoms with van der Waals surface area (Å²) in [5.74, 6) is 1.20. The molecule has 0 aliphatic heterocycles. The summed E-state index contributed by atoms with van der Waals surface area (Å²) in [5, 5.41) is 1.09. The second-order valence-electron chi connectivity index (χ2n) is 4.51. The fourth-order valence-corrected chi connectivity index (χ4v) is 2.21. The maximum absolute atomic E-state index is 5.93. The molecule has 0 radical (unpaired) electrons. The molecular formula is C15H14N4. The molecule has 4 nitrogen and oxygen atoms in total. The summed E-state index contributed by atoms with van der Waals surface area (Å²) < 4.78 is 0. The zero-order valence-electron chi connectivity index (χ0n) is 10.9. The number of benzene rings is 1. The number of nitrogen functional groups attached to an aromatic ring is 1. The van der Waals surface area contributed by atoms with E-state index < -0.39 is 0 Å². The van der Waals surface area contributed by atoms with Crippen molar-refractivity contribution < 1.29 is 0 Å².